The topological polar surface area (TPSA) is 67.2 Å². The van der Waals surface area contributed by atoms with Crippen LogP contribution in [0.25, 0.3) is 5.69 Å². The van der Waals surface area contributed by atoms with Crippen LogP contribution < -0.4 is 10.2 Å². The molecule has 1 aliphatic rings. The second-order valence-corrected chi connectivity index (χ2v) is 7.37. The maximum atomic E-state index is 14.5. The van der Waals surface area contributed by atoms with Crippen LogP contribution in [0, 0.1) is 12.7 Å². The number of para-hydroxylation sites is 1. The van der Waals surface area contributed by atoms with Gasteiger partial charge in [-0.1, -0.05) is 18.2 Å². The van der Waals surface area contributed by atoms with Gasteiger partial charge in [-0.25, -0.2) is 9.07 Å². The second-order valence-electron chi connectivity index (χ2n) is 7.37. The number of amides is 2. The summed E-state index contributed by atoms with van der Waals surface area (Å²) < 4.78 is 56.7. The van der Waals surface area contributed by atoms with E-state index < -0.39 is 29.2 Å². The number of aromatic nitrogens is 2. The van der Waals surface area contributed by atoms with Crippen LogP contribution in [0.2, 0.25) is 0 Å². The van der Waals surface area contributed by atoms with Crippen molar-refractivity contribution in [2.24, 2.45) is 0 Å². The number of alkyl halides is 3. The molecular weight excluding hydrogens is 428 g/mol. The van der Waals surface area contributed by atoms with Gasteiger partial charge in [-0.05, 0) is 43.2 Å². The Hall–Kier alpha value is -3.69. The zero-order valence-corrected chi connectivity index (χ0v) is 16.9. The standard InChI is InChI=1S/C22H18F4N4O2/c1-13-5-2-3-6-17(13)30-20(22(24,25)26)15(12-27-30)21(32)28-14-8-9-18(16(23)11-14)29-10-4-7-19(29)31/h2-3,5-6,8-9,11-12H,4,7,10H2,1H3,(H,28,32). The van der Waals surface area contributed by atoms with Crippen molar-refractivity contribution in [2.45, 2.75) is 25.9 Å². The number of halogens is 4. The molecule has 0 atom stereocenters. The molecule has 0 radical (unpaired) electrons. The van der Waals surface area contributed by atoms with Gasteiger partial charge in [0.25, 0.3) is 5.91 Å². The van der Waals surface area contributed by atoms with Crippen molar-refractivity contribution in [3.63, 3.8) is 0 Å². The number of nitrogens with zero attached hydrogens (tertiary/aromatic N) is 3. The minimum atomic E-state index is -4.86. The van der Waals surface area contributed by atoms with Crippen LogP contribution in [0.4, 0.5) is 28.9 Å². The first-order chi connectivity index (χ1) is 15.2. The SMILES string of the molecule is Cc1ccccc1-n1ncc(C(=O)Nc2ccc(N3CCCC3=O)c(F)c2)c1C(F)(F)F. The molecule has 3 aromatic rings. The van der Waals surface area contributed by atoms with Crippen molar-refractivity contribution >= 4 is 23.2 Å². The summed E-state index contributed by atoms with van der Waals surface area (Å²) in [4.78, 5) is 25.8. The number of hydrogen-bond acceptors (Lipinski definition) is 3. The summed E-state index contributed by atoms with van der Waals surface area (Å²) in [5, 5.41) is 6.07. The van der Waals surface area contributed by atoms with Crippen molar-refractivity contribution < 1.29 is 27.2 Å². The Morgan fingerprint density at radius 2 is 1.88 bits per heavy atom. The molecule has 2 heterocycles. The van der Waals surface area contributed by atoms with Gasteiger partial charge in [-0.15, -0.1) is 0 Å². The fraction of sp³-hybridized carbons (Fsp3) is 0.227. The quantitative estimate of drug-likeness (QED) is 0.590. The van der Waals surface area contributed by atoms with E-state index in [0.717, 1.165) is 12.3 Å². The summed E-state index contributed by atoms with van der Waals surface area (Å²) in [6.45, 7) is 2.01. The normalized spacial score (nSPS) is 14.2. The highest BCUT2D eigenvalue weighted by Crippen LogP contribution is 2.35. The number of rotatable bonds is 4. The first kappa shape index (κ1) is 21.5. The molecule has 0 unspecified atom stereocenters. The van der Waals surface area contributed by atoms with Gasteiger partial charge >= 0.3 is 6.18 Å². The van der Waals surface area contributed by atoms with Crippen molar-refractivity contribution in [3.05, 3.63) is 71.3 Å². The van der Waals surface area contributed by atoms with Crippen LogP contribution in [0.5, 0.6) is 0 Å². The van der Waals surface area contributed by atoms with Gasteiger partial charge in [0.1, 0.15) is 5.82 Å². The highest BCUT2D eigenvalue weighted by atomic mass is 19.4. The number of nitrogens with one attached hydrogen (secondary N) is 1. The molecule has 1 aromatic heterocycles. The van der Waals surface area contributed by atoms with E-state index in [1.807, 2.05) is 0 Å². The van der Waals surface area contributed by atoms with Gasteiger partial charge in [0.2, 0.25) is 5.91 Å². The smallest absolute Gasteiger partial charge is 0.322 e. The summed E-state index contributed by atoms with van der Waals surface area (Å²) in [6, 6.07) is 9.96. The second kappa shape index (κ2) is 8.10. The fourth-order valence-corrected chi connectivity index (χ4v) is 3.68. The lowest BCUT2D eigenvalue weighted by Gasteiger charge is -2.17. The average Bonchev–Trinajstić information content (AvgIpc) is 3.35. The Morgan fingerprint density at radius 1 is 1.12 bits per heavy atom. The lowest BCUT2D eigenvalue weighted by atomic mass is 10.1. The third-order valence-corrected chi connectivity index (χ3v) is 5.20. The van der Waals surface area contributed by atoms with Crippen LogP contribution in [0.1, 0.15) is 34.5 Å². The van der Waals surface area contributed by atoms with Gasteiger partial charge in [0, 0.05) is 18.7 Å². The molecule has 32 heavy (non-hydrogen) atoms. The molecule has 0 spiro atoms. The molecule has 0 saturated carbocycles. The van der Waals surface area contributed by atoms with E-state index in [1.165, 1.54) is 23.1 Å². The van der Waals surface area contributed by atoms with E-state index in [0.29, 0.717) is 29.6 Å². The summed E-state index contributed by atoms with van der Waals surface area (Å²) in [6.07, 6.45) is -3.10. The predicted octanol–water partition coefficient (Wildman–Crippen LogP) is 4.72. The highest BCUT2D eigenvalue weighted by Gasteiger charge is 2.40. The Balaban J connectivity index is 1.65. The Bertz CT molecular complexity index is 1200. The van der Waals surface area contributed by atoms with Crippen molar-refractivity contribution in [2.75, 3.05) is 16.8 Å². The van der Waals surface area contributed by atoms with E-state index in [2.05, 4.69) is 10.4 Å². The van der Waals surface area contributed by atoms with E-state index in [9.17, 15) is 27.2 Å². The highest BCUT2D eigenvalue weighted by molar-refractivity contribution is 6.05. The Morgan fingerprint density at radius 3 is 2.50 bits per heavy atom. The summed E-state index contributed by atoms with van der Waals surface area (Å²) >= 11 is 0. The van der Waals surface area contributed by atoms with E-state index in [1.54, 1.807) is 25.1 Å². The molecular formula is C22H18F4N4O2. The van der Waals surface area contributed by atoms with Crippen LogP contribution in [-0.2, 0) is 11.0 Å². The van der Waals surface area contributed by atoms with Gasteiger partial charge in [-0.3, -0.25) is 9.59 Å². The maximum absolute atomic E-state index is 14.5. The lowest BCUT2D eigenvalue weighted by Crippen LogP contribution is -2.25. The van der Waals surface area contributed by atoms with Crippen molar-refractivity contribution in [1.29, 1.82) is 0 Å². The Kier molecular flexibility index (Phi) is 5.45. The fourth-order valence-electron chi connectivity index (χ4n) is 3.68. The van der Waals surface area contributed by atoms with Crippen LogP contribution in [-0.4, -0.2) is 28.1 Å². The minimum absolute atomic E-state index is 0.0420. The first-order valence-electron chi connectivity index (χ1n) is 9.79. The molecule has 6 nitrogen and oxygen atoms in total. The molecule has 1 N–H and O–H groups in total. The molecule has 1 fully saturated rings. The number of carbonyl (C=O) groups is 2. The Labute approximate surface area is 180 Å². The van der Waals surface area contributed by atoms with Gasteiger partial charge < -0.3 is 10.2 Å². The summed E-state index contributed by atoms with van der Waals surface area (Å²) in [5.74, 6) is -2.05. The van der Waals surface area contributed by atoms with E-state index in [4.69, 9.17) is 0 Å². The van der Waals surface area contributed by atoms with E-state index >= 15 is 0 Å². The number of carbonyl (C=O) groups excluding carboxylic acids is 2. The van der Waals surface area contributed by atoms with Crippen molar-refractivity contribution in [1.82, 2.24) is 9.78 Å². The van der Waals surface area contributed by atoms with Gasteiger partial charge in [0.05, 0.1) is 23.1 Å². The molecule has 2 amide bonds. The zero-order valence-electron chi connectivity index (χ0n) is 16.9. The van der Waals surface area contributed by atoms with Crippen LogP contribution in [0.3, 0.4) is 0 Å². The number of aryl methyl sites for hydroxylation is 1. The summed E-state index contributed by atoms with van der Waals surface area (Å²) in [5.41, 5.74) is -1.18. The molecule has 0 aliphatic carbocycles. The molecule has 2 aromatic carbocycles. The molecule has 0 bridgehead atoms. The maximum Gasteiger partial charge on any atom is 0.434 e. The molecule has 1 aliphatic heterocycles. The van der Waals surface area contributed by atoms with Gasteiger partial charge in [-0.2, -0.15) is 18.3 Å². The molecule has 1 saturated heterocycles. The number of hydrogen-bond donors (Lipinski definition) is 1. The third kappa shape index (κ3) is 3.95. The monoisotopic (exact) mass is 446 g/mol. The first-order valence-corrected chi connectivity index (χ1v) is 9.79. The van der Waals surface area contributed by atoms with Gasteiger partial charge in [0.15, 0.2) is 5.69 Å². The molecule has 10 heteroatoms. The third-order valence-electron chi connectivity index (χ3n) is 5.20. The van der Waals surface area contributed by atoms with E-state index in [-0.39, 0.29) is 23.0 Å². The average molecular weight is 446 g/mol. The molecule has 4 rings (SSSR count). The zero-order chi connectivity index (χ0) is 23.0. The van der Waals surface area contributed by atoms with Crippen LogP contribution >= 0.6 is 0 Å². The number of anilines is 2. The molecule has 166 valence electrons. The summed E-state index contributed by atoms with van der Waals surface area (Å²) in [7, 11) is 0. The largest absolute Gasteiger partial charge is 0.434 e. The predicted molar refractivity (Wildman–Crippen MR) is 109 cm³/mol. The lowest BCUT2D eigenvalue weighted by molar-refractivity contribution is -0.143. The number of benzene rings is 2. The van der Waals surface area contributed by atoms with Crippen molar-refractivity contribution in [3.8, 4) is 5.69 Å². The minimum Gasteiger partial charge on any atom is -0.322 e. The van der Waals surface area contributed by atoms with Crippen LogP contribution in [0.15, 0.2) is 48.7 Å².